The van der Waals surface area contributed by atoms with E-state index >= 15 is 0 Å². The molecule has 3 amide bonds. The summed E-state index contributed by atoms with van der Waals surface area (Å²) in [6.45, 7) is 0.690. The van der Waals surface area contributed by atoms with Crippen molar-refractivity contribution >= 4 is 22.8 Å². The van der Waals surface area contributed by atoms with Crippen molar-refractivity contribution in [2.45, 2.75) is 24.7 Å². The molecule has 0 bridgehead atoms. The molecular weight excluding hydrogens is 449 g/mol. The number of amides is 3. The number of aromatic nitrogens is 1. The number of nitrogens with zero attached hydrogens (tertiary/aromatic N) is 3. The number of hydrogen-bond acceptors (Lipinski definition) is 4. The highest BCUT2D eigenvalue weighted by Crippen LogP contribution is 2.45. The Morgan fingerprint density at radius 2 is 1.91 bits per heavy atom. The van der Waals surface area contributed by atoms with E-state index in [1.165, 1.54) is 28.0 Å². The number of imide groups is 1. The van der Waals surface area contributed by atoms with E-state index < -0.39 is 29.9 Å². The summed E-state index contributed by atoms with van der Waals surface area (Å²) in [5, 5.41) is 10.5. The van der Waals surface area contributed by atoms with Crippen LogP contribution in [0.15, 0.2) is 42.5 Å². The molecule has 178 valence electrons. The number of phenols is 1. The lowest BCUT2D eigenvalue weighted by Gasteiger charge is -2.36. The second-order valence-electron chi connectivity index (χ2n) is 8.98. The van der Waals surface area contributed by atoms with Crippen LogP contribution in [0.2, 0.25) is 0 Å². The third kappa shape index (κ3) is 3.49. The first kappa shape index (κ1) is 22.3. The lowest BCUT2D eigenvalue weighted by molar-refractivity contribution is -0.137. The van der Waals surface area contributed by atoms with Crippen LogP contribution in [0.25, 0.3) is 10.9 Å². The minimum absolute atomic E-state index is 0.0147. The molecule has 1 saturated heterocycles. The van der Waals surface area contributed by atoms with Crippen LogP contribution in [0.3, 0.4) is 0 Å². The lowest BCUT2D eigenvalue weighted by atomic mass is 9.88. The number of H-pyrrole nitrogens is 1. The molecule has 2 unspecified atom stereocenters. The monoisotopic (exact) mass is 472 g/mol. The molecule has 0 aliphatic carbocycles. The molecule has 2 aliphatic heterocycles. The van der Waals surface area contributed by atoms with E-state index in [1.807, 2.05) is 19.0 Å². The molecule has 0 radical (unpaired) electrons. The fourth-order valence-corrected chi connectivity index (χ4v) is 4.90. The van der Waals surface area contributed by atoms with E-state index in [0.717, 1.165) is 12.1 Å². The number of urea groups is 1. The summed E-state index contributed by atoms with van der Waals surface area (Å²) in [6, 6.07) is 7.76. The Labute approximate surface area is 193 Å². The molecule has 1 fully saturated rings. The van der Waals surface area contributed by atoms with Gasteiger partial charge in [0.2, 0.25) is 0 Å². The average Bonchev–Trinajstić information content (AvgIpc) is 3.24. The molecule has 34 heavy (non-hydrogen) atoms. The maximum Gasteiger partial charge on any atom is 0.416 e. The van der Waals surface area contributed by atoms with E-state index in [-0.39, 0.29) is 24.6 Å². The van der Waals surface area contributed by atoms with Gasteiger partial charge in [-0.15, -0.1) is 0 Å². The highest BCUT2D eigenvalue weighted by molar-refractivity contribution is 6.05. The number of fused-ring (bicyclic) bond motifs is 4. The largest absolute Gasteiger partial charge is 0.508 e. The second kappa shape index (κ2) is 7.76. The summed E-state index contributed by atoms with van der Waals surface area (Å²) in [5.74, 6) is -0.386. The standard InChI is InChI=1S/C24H23F3N4O3/c1-29(2)8-9-30-22(33)19-12-17-16-11-14(24(25,26)27)6-7-18(16)28-20(17)21(31(19)23(30)34)13-4-3-5-15(32)10-13/h3-7,10-11,19,21,28,32H,8-9,12H2,1-2H3. The van der Waals surface area contributed by atoms with Gasteiger partial charge in [0.15, 0.2) is 0 Å². The number of carbonyl (C=O) groups excluding carboxylic acids is 2. The van der Waals surface area contributed by atoms with Crippen molar-refractivity contribution in [3.05, 3.63) is 64.8 Å². The van der Waals surface area contributed by atoms with Crippen molar-refractivity contribution < 1.29 is 27.9 Å². The number of nitrogens with one attached hydrogen (secondary N) is 1. The van der Waals surface area contributed by atoms with Crippen LogP contribution >= 0.6 is 0 Å². The summed E-state index contributed by atoms with van der Waals surface area (Å²) < 4.78 is 40.2. The van der Waals surface area contributed by atoms with Crippen molar-refractivity contribution in [2.75, 3.05) is 27.2 Å². The highest BCUT2D eigenvalue weighted by Gasteiger charge is 2.52. The van der Waals surface area contributed by atoms with Crippen LogP contribution in [0, 0.1) is 0 Å². The van der Waals surface area contributed by atoms with Crippen molar-refractivity contribution in [3.63, 3.8) is 0 Å². The second-order valence-corrected chi connectivity index (χ2v) is 8.98. The normalized spacial score (nSPS) is 20.4. The number of benzene rings is 2. The van der Waals surface area contributed by atoms with Gasteiger partial charge in [0.1, 0.15) is 17.8 Å². The Hall–Kier alpha value is -3.53. The fourth-order valence-electron chi connectivity index (χ4n) is 4.90. The fraction of sp³-hybridized carbons (Fsp3) is 0.333. The van der Waals surface area contributed by atoms with Crippen LogP contribution in [-0.2, 0) is 17.4 Å². The Balaban J connectivity index is 1.68. The third-order valence-electron chi connectivity index (χ3n) is 6.51. The van der Waals surface area contributed by atoms with Gasteiger partial charge in [-0.05, 0) is 55.6 Å². The first-order valence-electron chi connectivity index (χ1n) is 10.9. The number of aromatic amines is 1. The number of carbonyl (C=O) groups is 2. The van der Waals surface area contributed by atoms with Crippen LogP contribution < -0.4 is 0 Å². The van der Waals surface area contributed by atoms with Gasteiger partial charge in [-0.3, -0.25) is 14.6 Å². The topological polar surface area (TPSA) is 79.9 Å². The highest BCUT2D eigenvalue weighted by atomic mass is 19.4. The molecule has 2 aromatic carbocycles. The zero-order valence-corrected chi connectivity index (χ0v) is 18.6. The summed E-state index contributed by atoms with van der Waals surface area (Å²) in [4.78, 5) is 34.5. The Kier molecular flexibility index (Phi) is 5.09. The molecule has 1 aromatic heterocycles. The SMILES string of the molecule is CN(C)CCN1C(=O)C2Cc3c([nH]c4ccc(C(F)(F)F)cc34)C(c3cccc(O)c3)N2C1=O. The first-order valence-corrected chi connectivity index (χ1v) is 10.9. The summed E-state index contributed by atoms with van der Waals surface area (Å²) in [7, 11) is 3.67. The predicted molar refractivity (Wildman–Crippen MR) is 118 cm³/mol. The number of alkyl halides is 3. The number of hydrogen-bond donors (Lipinski definition) is 2. The molecule has 5 rings (SSSR count). The molecule has 0 saturated carbocycles. The molecule has 2 N–H and O–H groups in total. The molecule has 2 atom stereocenters. The predicted octanol–water partition coefficient (Wildman–Crippen LogP) is 3.73. The van der Waals surface area contributed by atoms with Gasteiger partial charge in [-0.1, -0.05) is 12.1 Å². The zero-order chi connectivity index (χ0) is 24.4. The Bertz CT molecular complexity index is 1300. The van der Waals surface area contributed by atoms with Gasteiger partial charge in [-0.25, -0.2) is 4.79 Å². The van der Waals surface area contributed by atoms with E-state index in [1.54, 1.807) is 12.1 Å². The maximum absolute atomic E-state index is 13.4. The van der Waals surface area contributed by atoms with E-state index in [2.05, 4.69) is 4.98 Å². The summed E-state index contributed by atoms with van der Waals surface area (Å²) >= 11 is 0. The number of aromatic hydroxyl groups is 1. The van der Waals surface area contributed by atoms with Crippen molar-refractivity contribution in [2.24, 2.45) is 0 Å². The summed E-state index contributed by atoms with van der Waals surface area (Å²) in [6.07, 6.45) is -4.40. The Morgan fingerprint density at radius 3 is 2.59 bits per heavy atom. The maximum atomic E-state index is 13.4. The van der Waals surface area contributed by atoms with Crippen molar-refractivity contribution in [3.8, 4) is 5.75 Å². The number of halogens is 3. The lowest BCUT2D eigenvalue weighted by Crippen LogP contribution is -2.44. The quantitative estimate of drug-likeness (QED) is 0.567. The van der Waals surface area contributed by atoms with Crippen molar-refractivity contribution in [1.29, 1.82) is 0 Å². The van der Waals surface area contributed by atoms with Crippen LogP contribution in [-0.4, -0.2) is 70.0 Å². The number of likely N-dealkylation sites (N-methyl/N-ethyl adjacent to an activating group) is 1. The molecule has 3 aromatic rings. The molecular formula is C24H23F3N4O3. The molecule has 2 aliphatic rings. The van der Waals surface area contributed by atoms with Gasteiger partial charge in [-0.2, -0.15) is 13.2 Å². The number of phenolic OH excluding ortho intramolecular Hbond substituents is 1. The molecule has 0 spiro atoms. The van der Waals surface area contributed by atoms with Gasteiger partial charge >= 0.3 is 12.2 Å². The van der Waals surface area contributed by atoms with E-state index in [9.17, 15) is 27.9 Å². The number of rotatable bonds is 4. The van der Waals surface area contributed by atoms with Gasteiger partial charge in [0, 0.05) is 36.1 Å². The average molecular weight is 472 g/mol. The van der Waals surface area contributed by atoms with E-state index in [0.29, 0.717) is 34.3 Å². The minimum Gasteiger partial charge on any atom is -0.508 e. The van der Waals surface area contributed by atoms with Crippen LogP contribution in [0.5, 0.6) is 5.75 Å². The first-order chi connectivity index (χ1) is 16.1. The van der Waals surface area contributed by atoms with Crippen LogP contribution in [0.1, 0.15) is 28.4 Å². The Morgan fingerprint density at radius 1 is 1.15 bits per heavy atom. The van der Waals surface area contributed by atoms with Gasteiger partial charge in [0.25, 0.3) is 5.91 Å². The molecule has 7 nitrogen and oxygen atoms in total. The van der Waals surface area contributed by atoms with Gasteiger partial charge < -0.3 is 15.0 Å². The summed E-state index contributed by atoms with van der Waals surface area (Å²) in [5.41, 5.74) is 1.40. The zero-order valence-electron chi connectivity index (χ0n) is 18.6. The minimum atomic E-state index is -4.51. The van der Waals surface area contributed by atoms with Crippen LogP contribution in [0.4, 0.5) is 18.0 Å². The molecule has 3 heterocycles. The van der Waals surface area contributed by atoms with Crippen molar-refractivity contribution in [1.82, 2.24) is 19.7 Å². The third-order valence-corrected chi connectivity index (χ3v) is 6.51. The smallest absolute Gasteiger partial charge is 0.416 e. The molecule has 10 heteroatoms. The van der Waals surface area contributed by atoms with Gasteiger partial charge in [0.05, 0.1) is 5.56 Å². The van der Waals surface area contributed by atoms with E-state index in [4.69, 9.17) is 0 Å².